The first-order chi connectivity index (χ1) is 15.7. The highest BCUT2D eigenvalue weighted by Gasteiger charge is 2.38. The summed E-state index contributed by atoms with van der Waals surface area (Å²) in [5.74, 6) is 0.000485. The fourth-order valence-corrected chi connectivity index (χ4v) is 4.73. The zero-order valence-corrected chi connectivity index (χ0v) is 18.1. The molecule has 5 nitrogen and oxygen atoms in total. The topological polar surface area (TPSA) is 43.9 Å². The van der Waals surface area contributed by atoms with Crippen LogP contribution in [0.5, 0.6) is 0 Å². The zero-order chi connectivity index (χ0) is 21.9. The van der Waals surface area contributed by atoms with Gasteiger partial charge in [0.25, 0.3) is 5.91 Å². The first-order valence-corrected chi connectivity index (χ1v) is 11.2. The molecule has 0 bridgehead atoms. The van der Waals surface area contributed by atoms with E-state index in [1.54, 1.807) is 4.90 Å². The molecule has 0 aliphatic carbocycles. The van der Waals surface area contributed by atoms with Crippen LogP contribution in [0.3, 0.4) is 0 Å². The van der Waals surface area contributed by atoms with Gasteiger partial charge in [0.1, 0.15) is 6.04 Å². The normalized spacial score (nSPS) is 16.8. The molecular formula is C27H27N3O2. The Bertz CT molecular complexity index is 1090. The second kappa shape index (κ2) is 8.87. The number of piperazine rings is 1. The number of para-hydroxylation sites is 1. The van der Waals surface area contributed by atoms with E-state index in [1.807, 2.05) is 77.7 Å². The van der Waals surface area contributed by atoms with Gasteiger partial charge in [-0.05, 0) is 29.3 Å². The van der Waals surface area contributed by atoms with E-state index in [0.29, 0.717) is 31.6 Å². The van der Waals surface area contributed by atoms with Crippen LogP contribution in [0.4, 0.5) is 5.69 Å². The molecule has 3 aromatic rings. The van der Waals surface area contributed by atoms with Crippen LogP contribution in [0.15, 0.2) is 84.9 Å². The van der Waals surface area contributed by atoms with Crippen molar-refractivity contribution in [3.05, 3.63) is 102 Å². The summed E-state index contributed by atoms with van der Waals surface area (Å²) in [6.45, 7) is 3.40. The standard InChI is InChI=1S/C27H27N3O2/c31-26-24-14-8-7-11-22(24)20-30(26)25(19-21-9-3-1-4-10-21)27(32)29-17-15-28(16-18-29)23-12-5-2-6-13-23/h1-14,25H,15-20H2/t25-/m0/s1. The van der Waals surface area contributed by atoms with Gasteiger partial charge in [-0.15, -0.1) is 0 Å². The van der Waals surface area contributed by atoms with Crippen molar-refractivity contribution in [2.45, 2.75) is 19.0 Å². The highest BCUT2D eigenvalue weighted by Crippen LogP contribution is 2.27. The molecule has 0 unspecified atom stereocenters. The van der Waals surface area contributed by atoms with Crippen LogP contribution in [0.2, 0.25) is 0 Å². The molecule has 0 spiro atoms. The third kappa shape index (κ3) is 3.98. The molecular weight excluding hydrogens is 398 g/mol. The summed E-state index contributed by atoms with van der Waals surface area (Å²) in [7, 11) is 0. The number of amides is 2. The number of carbonyl (C=O) groups is 2. The van der Waals surface area contributed by atoms with Gasteiger partial charge >= 0.3 is 0 Å². The van der Waals surface area contributed by atoms with Crippen LogP contribution < -0.4 is 4.90 Å². The fraction of sp³-hybridized carbons (Fsp3) is 0.259. The molecule has 0 radical (unpaired) electrons. The van der Waals surface area contributed by atoms with Crippen molar-refractivity contribution < 1.29 is 9.59 Å². The largest absolute Gasteiger partial charge is 0.368 e. The molecule has 0 saturated carbocycles. The Kier molecular flexibility index (Phi) is 5.63. The Morgan fingerprint density at radius 1 is 0.781 bits per heavy atom. The molecule has 5 rings (SSSR count). The van der Waals surface area contributed by atoms with Crippen LogP contribution in [0.25, 0.3) is 0 Å². The summed E-state index contributed by atoms with van der Waals surface area (Å²) < 4.78 is 0. The number of anilines is 1. The summed E-state index contributed by atoms with van der Waals surface area (Å²) in [4.78, 5) is 33.0. The van der Waals surface area contributed by atoms with Gasteiger partial charge in [-0.3, -0.25) is 9.59 Å². The van der Waals surface area contributed by atoms with Crippen LogP contribution in [0.1, 0.15) is 21.5 Å². The lowest BCUT2D eigenvalue weighted by atomic mass is 10.0. The highest BCUT2D eigenvalue weighted by molar-refractivity contribution is 6.01. The van der Waals surface area contributed by atoms with E-state index < -0.39 is 6.04 Å². The minimum Gasteiger partial charge on any atom is -0.368 e. The molecule has 2 aliphatic rings. The van der Waals surface area contributed by atoms with Crippen molar-refractivity contribution in [1.82, 2.24) is 9.80 Å². The zero-order valence-electron chi connectivity index (χ0n) is 18.1. The van der Waals surface area contributed by atoms with Gasteiger partial charge in [0.15, 0.2) is 0 Å². The second-order valence-electron chi connectivity index (χ2n) is 8.44. The molecule has 2 aliphatic heterocycles. The molecule has 162 valence electrons. The van der Waals surface area contributed by atoms with Crippen molar-refractivity contribution in [2.75, 3.05) is 31.1 Å². The maximum atomic E-state index is 13.7. The number of carbonyl (C=O) groups excluding carboxylic acids is 2. The van der Waals surface area contributed by atoms with Crippen molar-refractivity contribution in [1.29, 1.82) is 0 Å². The number of fused-ring (bicyclic) bond motifs is 1. The smallest absolute Gasteiger partial charge is 0.255 e. The van der Waals surface area contributed by atoms with Crippen molar-refractivity contribution in [2.24, 2.45) is 0 Å². The van der Waals surface area contributed by atoms with Gasteiger partial charge in [-0.2, -0.15) is 0 Å². The minimum atomic E-state index is -0.499. The Morgan fingerprint density at radius 2 is 1.41 bits per heavy atom. The molecule has 2 amide bonds. The molecule has 1 atom stereocenters. The van der Waals surface area contributed by atoms with Gasteiger partial charge in [-0.1, -0.05) is 66.7 Å². The van der Waals surface area contributed by atoms with E-state index >= 15 is 0 Å². The lowest BCUT2D eigenvalue weighted by Crippen LogP contribution is -2.55. The van der Waals surface area contributed by atoms with E-state index in [4.69, 9.17) is 0 Å². The Labute approximate surface area is 188 Å². The number of benzene rings is 3. The van der Waals surface area contributed by atoms with Crippen LogP contribution in [-0.4, -0.2) is 53.8 Å². The SMILES string of the molecule is O=C([C@H](Cc1ccccc1)N1Cc2ccccc2C1=O)N1CCN(c2ccccc2)CC1. The van der Waals surface area contributed by atoms with Crippen molar-refractivity contribution >= 4 is 17.5 Å². The van der Waals surface area contributed by atoms with Crippen molar-refractivity contribution in [3.8, 4) is 0 Å². The van der Waals surface area contributed by atoms with Crippen molar-refractivity contribution in [3.63, 3.8) is 0 Å². The maximum absolute atomic E-state index is 13.7. The number of nitrogens with zero attached hydrogens (tertiary/aromatic N) is 3. The molecule has 2 heterocycles. The number of hydrogen-bond acceptors (Lipinski definition) is 3. The predicted molar refractivity (Wildman–Crippen MR) is 125 cm³/mol. The van der Waals surface area contributed by atoms with Gasteiger partial charge in [-0.25, -0.2) is 0 Å². The fourth-order valence-electron chi connectivity index (χ4n) is 4.73. The lowest BCUT2D eigenvalue weighted by molar-refractivity contribution is -0.136. The Balaban J connectivity index is 1.35. The second-order valence-corrected chi connectivity index (χ2v) is 8.44. The molecule has 1 saturated heterocycles. The van der Waals surface area contributed by atoms with E-state index in [1.165, 1.54) is 5.69 Å². The maximum Gasteiger partial charge on any atom is 0.255 e. The van der Waals surface area contributed by atoms with Gasteiger partial charge < -0.3 is 14.7 Å². The monoisotopic (exact) mass is 425 g/mol. The van der Waals surface area contributed by atoms with Gasteiger partial charge in [0.2, 0.25) is 5.91 Å². The summed E-state index contributed by atoms with van der Waals surface area (Å²) in [6, 6.07) is 27.5. The highest BCUT2D eigenvalue weighted by atomic mass is 16.2. The van der Waals surface area contributed by atoms with E-state index in [2.05, 4.69) is 17.0 Å². The Hall–Kier alpha value is -3.60. The lowest BCUT2D eigenvalue weighted by Gasteiger charge is -2.39. The van der Waals surface area contributed by atoms with Gasteiger partial charge in [0.05, 0.1) is 0 Å². The minimum absolute atomic E-state index is 0.0437. The average molecular weight is 426 g/mol. The van der Waals surface area contributed by atoms with Crippen LogP contribution in [-0.2, 0) is 17.8 Å². The van der Waals surface area contributed by atoms with E-state index in [-0.39, 0.29) is 11.8 Å². The average Bonchev–Trinajstić information content (AvgIpc) is 3.20. The third-order valence-corrected chi connectivity index (χ3v) is 6.50. The molecule has 1 fully saturated rings. The molecule has 0 aromatic heterocycles. The third-order valence-electron chi connectivity index (χ3n) is 6.50. The first kappa shape index (κ1) is 20.3. The van der Waals surface area contributed by atoms with Gasteiger partial charge in [0, 0.05) is 50.4 Å². The predicted octanol–water partition coefficient (Wildman–Crippen LogP) is 3.60. The first-order valence-electron chi connectivity index (χ1n) is 11.2. The summed E-state index contributed by atoms with van der Waals surface area (Å²) in [6.07, 6.45) is 0.526. The number of hydrogen-bond donors (Lipinski definition) is 0. The summed E-state index contributed by atoms with van der Waals surface area (Å²) in [5.41, 5.74) is 3.97. The molecule has 32 heavy (non-hydrogen) atoms. The summed E-state index contributed by atoms with van der Waals surface area (Å²) in [5, 5.41) is 0. The molecule has 0 N–H and O–H groups in total. The van der Waals surface area contributed by atoms with E-state index in [0.717, 1.165) is 24.2 Å². The number of rotatable bonds is 5. The van der Waals surface area contributed by atoms with Crippen LogP contribution in [0, 0.1) is 0 Å². The van der Waals surface area contributed by atoms with E-state index in [9.17, 15) is 9.59 Å². The van der Waals surface area contributed by atoms with Crippen LogP contribution >= 0.6 is 0 Å². The Morgan fingerprint density at radius 3 is 2.09 bits per heavy atom. The molecule has 5 heteroatoms. The molecule has 3 aromatic carbocycles. The summed E-state index contributed by atoms with van der Waals surface area (Å²) >= 11 is 0. The quantitative estimate of drug-likeness (QED) is 0.627.